The Bertz CT molecular complexity index is 229. The monoisotopic (exact) mass is 341 g/mol. The molecule has 0 spiro atoms. The highest BCUT2D eigenvalue weighted by Crippen LogP contribution is 2.18. The first-order valence-corrected chi connectivity index (χ1v) is 5.83. The Morgan fingerprint density at radius 2 is 2.06 bits per heavy atom. The van der Waals surface area contributed by atoms with E-state index in [0.29, 0.717) is 0 Å². The second-order valence-electron chi connectivity index (χ2n) is 4.24. The van der Waals surface area contributed by atoms with Crippen molar-refractivity contribution in [1.29, 1.82) is 0 Å². The van der Waals surface area contributed by atoms with Crippen molar-refractivity contribution in [2.45, 2.75) is 38.7 Å². The number of rotatable bonds is 5. The van der Waals surface area contributed by atoms with E-state index in [4.69, 9.17) is 0 Å². The van der Waals surface area contributed by atoms with Crippen LogP contribution in [0.5, 0.6) is 0 Å². The molecule has 0 saturated carbocycles. The van der Waals surface area contributed by atoms with Crippen molar-refractivity contribution >= 4 is 29.9 Å². The summed E-state index contributed by atoms with van der Waals surface area (Å²) < 4.78 is 0. The maximum absolute atomic E-state index is 10.1. The van der Waals surface area contributed by atoms with E-state index in [1.54, 1.807) is 0 Å². The van der Waals surface area contributed by atoms with E-state index in [1.165, 1.54) is 0 Å². The molecule has 0 aromatic heterocycles. The maximum atomic E-state index is 10.1. The Morgan fingerprint density at radius 3 is 2.50 bits per heavy atom. The zero-order valence-corrected chi connectivity index (χ0v) is 12.8. The van der Waals surface area contributed by atoms with Crippen molar-refractivity contribution in [3.63, 3.8) is 0 Å². The molecule has 0 aliphatic carbocycles. The van der Waals surface area contributed by atoms with Gasteiger partial charge in [0, 0.05) is 20.1 Å². The molecule has 0 amide bonds. The summed E-state index contributed by atoms with van der Waals surface area (Å²) in [6.07, 6.45) is 2.41. The van der Waals surface area contributed by atoms with Crippen molar-refractivity contribution in [3.8, 4) is 0 Å². The number of guanidine groups is 1. The Hall–Kier alpha value is -0.0400. The van der Waals surface area contributed by atoms with Gasteiger partial charge in [-0.25, -0.2) is 0 Å². The minimum Gasteiger partial charge on any atom is -0.390 e. The van der Waals surface area contributed by atoms with Crippen LogP contribution in [0.3, 0.4) is 0 Å². The van der Waals surface area contributed by atoms with Crippen LogP contribution in [0.1, 0.15) is 33.1 Å². The third kappa shape index (κ3) is 4.45. The van der Waals surface area contributed by atoms with Crippen LogP contribution in [0.15, 0.2) is 4.99 Å². The van der Waals surface area contributed by atoms with Gasteiger partial charge in [-0.15, -0.1) is 24.0 Å². The minimum absolute atomic E-state index is 0. The Morgan fingerprint density at radius 1 is 1.44 bits per heavy atom. The Labute approximate surface area is 116 Å². The van der Waals surface area contributed by atoms with Crippen LogP contribution in [0, 0.1) is 0 Å². The van der Waals surface area contributed by atoms with Gasteiger partial charge < -0.3 is 15.3 Å². The van der Waals surface area contributed by atoms with Crippen molar-refractivity contribution in [1.82, 2.24) is 10.2 Å². The SMILES string of the molecule is CCC(O)(CC)CCNC1=NCCN1C.I. The molecule has 16 heavy (non-hydrogen) atoms. The number of hydrogen-bond donors (Lipinski definition) is 2. The molecule has 0 fully saturated rings. The van der Waals surface area contributed by atoms with Gasteiger partial charge in [0.2, 0.25) is 0 Å². The van der Waals surface area contributed by atoms with E-state index in [1.807, 2.05) is 20.9 Å². The fourth-order valence-electron chi connectivity index (χ4n) is 1.73. The van der Waals surface area contributed by atoms with Gasteiger partial charge in [0.15, 0.2) is 5.96 Å². The van der Waals surface area contributed by atoms with Gasteiger partial charge in [-0.05, 0) is 19.3 Å². The van der Waals surface area contributed by atoms with Gasteiger partial charge >= 0.3 is 0 Å². The van der Waals surface area contributed by atoms with Gasteiger partial charge in [0.1, 0.15) is 0 Å². The lowest BCUT2D eigenvalue weighted by atomic mass is 9.94. The maximum Gasteiger partial charge on any atom is 0.193 e. The first kappa shape index (κ1) is 16.0. The first-order valence-electron chi connectivity index (χ1n) is 5.83. The van der Waals surface area contributed by atoms with Crippen LogP contribution in [-0.2, 0) is 0 Å². The van der Waals surface area contributed by atoms with E-state index >= 15 is 0 Å². The normalized spacial score (nSPS) is 15.8. The van der Waals surface area contributed by atoms with Crippen LogP contribution < -0.4 is 5.32 Å². The molecule has 5 heteroatoms. The van der Waals surface area contributed by atoms with Gasteiger partial charge in [-0.1, -0.05) is 13.8 Å². The molecule has 0 atom stereocenters. The smallest absolute Gasteiger partial charge is 0.193 e. The molecular formula is C11H24IN3O. The quantitative estimate of drug-likeness (QED) is 0.744. The lowest BCUT2D eigenvalue weighted by Crippen LogP contribution is -2.39. The molecule has 0 aromatic rings. The van der Waals surface area contributed by atoms with Crippen molar-refractivity contribution in [2.75, 3.05) is 26.7 Å². The minimum atomic E-state index is -0.509. The number of aliphatic hydroxyl groups is 1. The van der Waals surface area contributed by atoms with Gasteiger partial charge in [0.05, 0.1) is 12.1 Å². The van der Waals surface area contributed by atoms with Gasteiger partial charge in [-0.3, -0.25) is 4.99 Å². The summed E-state index contributed by atoms with van der Waals surface area (Å²) in [7, 11) is 2.03. The number of halogens is 1. The molecule has 4 nitrogen and oxygen atoms in total. The molecule has 0 saturated heterocycles. The van der Waals surface area contributed by atoms with E-state index in [0.717, 1.165) is 44.9 Å². The number of hydrogen-bond acceptors (Lipinski definition) is 4. The summed E-state index contributed by atoms with van der Waals surface area (Å²) in [4.78, 5) is 6.45. The molecule has 0 unspecified atom stereocenters. The Balaban J connectivity index is 0.00000225. The highest BCUT2D eigenvalue weighted by atomic mass is 127. The van der Waals surface area contributed by atoms with Crippen LogP contribution in [0.25, 0.3) is 0 Å². The number of likely N-dealkylation sites (N-methyl/N-ethyl adjacent to an activating group) is 1. The summed E-state index contributed by atoms with van der Waals surface area (Å²) in [6, 6.07) is 0. The second-order valence-corrected chi connectivity index (χ2v) is 4.24. The number of aliphatic imine (C=N–C) groups is 1. The lowest BCUT2D eigenvalue weighted by molar-refractivity contribution is 0.0249. The summed E-state index contributed by atoms with van der Waals surface area (Å²) in [5, 5.41) is 13.3. The molecule has 0 aromatic carbocycles. The summed E-state index contributed by atoms with van der Waals surface area (Å²) in [6.45, 7) is 6.73. The zero-order valence-electron chi connectivity index (χ0n) is 10.5. The van der Waals surface area contributed by atoms with Crippen LogP contribution in [0.4, 0.5) is 0 Å². The molecule has 1 heterocycles. The second kappa shape index (κ2) is 7.32. The standard InChI is InChI=1S/C11H23N3O.HI/c1-4-11(15,5-2)6-7-12-10-13-8-9-14(10)3;/h15H,4-9H2,1-3H3,(H,12,13);1H. The van der Waals surface area contributed by atoms with E-state index in [2.05, 4.69) is 15.2 Å². The average Bonchev–Trinajstić information content (AvgIpc) is 2.64. The highest BCUT2D eigenvalue weighted by molar-refractivity contribution is 14.0. The molecule has 0 radical (unpaired) electrons. The van der Waals surface area contributed by atoms with Gasteiger partial charge in [0.25, 0.3) is 0 Å². The third-order valence-electron chi connectivity index (χ3n) is 3.25. The van der Waals surface area contributed by atoms with E-state index in [-0.39, 0.29) is 24.0 Å². The molecule has 0 bridgehead atoms. The molecular weight excluding hydrogens is 317 g/mol. The van der Waals surface area contributed by atoms with Crippen LogP contribution in [0.2, 0.25) is 0 Å². The molecule has 1 aliphatic rings. The predicted molar refractivity (Wildman–Crippen MR) is 78.5 cm³/mol. The van der Waals surface area contributed by atoms with E-state index in [9.17, 15) is 5.11 Å². The highest BCUT2D eigenvalue weighted by Gasteiger charge is 2.22. The average molecular weight is 341 g/mol. The van der Waals surface area contributed by atoms with Crippen LogP contribution >= 0.6 is 24.0 Å². The summed E-state index contributed by atoms with van der Waals surface area (Å²) in [5.41, 5.74) is -0.509. The van der Waals surface area contributed by atoms with Gasteiger partial charge in [-0.2, -0.15) is 0 Å². The van der Waals surface area contributed by atoms with Crippen molar-refractivity contribution in [3.05, 3.63) is 0 Å². The van der Waals surface area contributed by atoms with Crippen molar-refractivity contribution < 1.29 is 5.11 Å². The number of nitrogens with one attached hydrogen (secondary N) is 1. The largest absolute Gasteiger partial charge is 0.390 e. The molecule has 1 aliphatic heterocycles. The van der Waals surface area contributed by atoms with Crippen molar-refractivity contribution in [2.24, 2.45) is 4.99 Å². The summed E-state index contributed by atoms with van der Waals surface area (Å²) in [5.74, 6) is 0.963. The third-order valence-corrected chi connectivity index (χ3v) is 3.25. The molecule has 1 rings (SSSR count). The lowest BCUT2D eigenvalue weighted by Gasteiger charge is -2.26. The zero-order chi connectivity index (χ0) is 11.3. The van der Waals surface area contributed by atoms with Crippen LogP contribution in [-0.4, -0.2) is 48.2 Å². The van der Waals surface area contributed by atoms with E-state index < -0.39 is 5.60 Å². The first-order chi connectivity index (χ1) is 7.11. The number of nitrogens with zero attached hydrogens (tertiary/aromatic N) is 2. The fourth-order valence-corrected chi connectivity index (χ4v) is 1.73. The topological polar surface area (TPSA) is 47.9 Å². The predicted octanol–water partition coefficient (Wildman–Crippen LogP) is 1.44. The summed E-state index contributed by atoms with van der Waals surface area (Å²) >= 11 is 0. The molecule has 2 N–H and O–H groups in total. The Kier molecular flexibility index (Phi) is 7.30. The fraction of sp³-hybridized carbons (Fsp3) is 0.909. The molecule has 96 valence electrons.